The lowest BCUT2D eigenvalue weighted by Gasteiger charge is -2.19. The summed E-state index contributed by atoms with van der Waals surface area (Å²) >= 11 is 0. The fourth-order valence-corrected chi connectivity index (χ4v) is 2.23. The molecular weight excluding hydrogens is 268 g/mol. The van der Waals surface area contributed by atoms with Gasteiger partial charge in [0.05, 0.1) is 18.9 Å². The van der Waals surface area contributed by atoms with Gasteiger partial charge in [-0.3, -0.25) is 4.79 Å². The number of carbonyl (C=O) groups excluding carboxylic acids is 1. The van der Waals surface area contributed by atoms with Gasteiger partial charge in [-0.1, -0.05) is 18.2 Å². The van der Waals surface area contributed by atoms with Crippen molar-refractivity contribution < 1.29 is 9.53 Å². The molecule has 0 saturated carbocycles. The van der Waals surface area contributed by atoms with E-state index in [1.807, 2.05) is 24.3 Å². The maximum atomic E-state index is 12.5. The van der Waals surface area contributed by atoms with Crippen LogP contribution >= 0.6 is 0 Å². The maximum absolute atomic E-state index is 12.5. The number of fused-ring (bicyclic) bond motifs is 1. The number of hydrogen-bond donors (Lipinski definition) is 1. The smallest absolute Gasteiger partial charge is 0.274 e. The van der Waals surface area contributed by atoms with Crippen LogP contribution in [0.5, 0.6) is 5.75 Å². The van der Waals surface area contributed by atoms with Crippen LogP contribution in [0, 0.1) is 0 Å². The molecule has 1 aromatic heterocycles. The van der Waals surface area contributed by atoms with Gasteiger partial charge in [0.25, 0.3) is 5.91 Å². The average Bonchev–Trinajstić information content (AvgIpc) is 2.76. The van der Waals surface area contributed by atoms with Gasteiger partial charge in [-0.25, -0.2) is 9.97 Å². The van der Waals surface area contributed by atoms with Crippen molar-refractivity contribution in [3.8, 4) is 5.75 Å². The summed E-state index contributed by atoms with van der Waals surface area (Å²) in [6.07, 6.45) is 3.04. The topological polar surface area (TPSA) is 67.4 Å². The minimum atomic E-state index is -0.134. The Bertz CT molecular complexity index is 642. The van der Waals surface area contributed by atoms with Gasteiger partial charge in [0.2, 0.25) is 0 Å². The van der Waals surface area contributed by atoms with Gasteiger partial charge in [0.15, 0.2) is 0 Å². The third-order valence-electron chi connectivity index (χ3n) is 3.37. The molecule has 1 amide bonds. The van der Waals surface area contributed by atoms with Crippen molar-refractivity contribution >= 4 is 11.7 Å². The Morgan fingerprint density at radius 2 is 2.14 bits per heavy atom. The van der Waals surface area contributed by atoms with Crippen molar-refractivity contribution in [1.29, 1.82) is 0 Å². The van der Waals surface area contributed by atoms with Crippen LogP contribution in [0.2, 0.25) is 0 Å². The van der Waals surface area contributed by atoms with Crippen molar-refractivity contribution in [1.82, 2.24) is 14.9 Å². The third-order valence-corrected chi connectivity index (χ3v) is 3.37. The van der Waals surface area contributed by atoms with Gasteiger partial charge in [-0.2, -0.15) is 0 Å². The van der Waals surface area contributed by atoms with E-state index in [0.29, 0.717) is 31.2 Å². The molecule has 0 spiro atoms. The second kappa shape index (κ2) is 5.78. The fraction of sp³-hybridized carbons (Fsp3) is 0.267. The van der Waals surface area contributed by atoms with Crippen LogP contribution in [0.4, 0.5) is 5.82 Å². The Balaban J connectivity index is 1.81. The van der Waals surface area contributed by atoms with Crippen LogP contribution in [0.25, 0.3) is 0 Å². The van der Waals surface area contributed by atoms with Crippen LogP contribution in [-0.2, 0) is 6.54 Å². The number of amides is 1. The Labute approximate surface area is 122 Å². The van der Waals surface area contributed by atoms with Gasteiger partial charge in [0, 0.05) is 19.2 Å². The zero-order valence-electron chi connectivity index (χ0n) is 11.7. The predicted molar refractivity (Wildman–Crippen MR) is 78.3 cm³/mol. The molecule has 0 fully saturated rings. The zero-order valence-corrected chi connectivity index (χ0v) is 11.7. The zero-order chi connectivity index (χ0) is 14.7. The lowest BCUT2D eigenvalue weighted by atomic mass is 10.2. The van der Waals surface area contributed by atoms with Crippen LogP contribution in [0.3, 0.4) is 0 Å². The fourth-order valence-electron chi connectivity index (χ4n) is 2.23. The highest BCUT2D eigenvalue weighted by atomic mass is 16.5. The van der Waals surface area contributed by atoms with E-state index in [1.54, 1.807) is 18.1 Å². The molecule has 0 radical (unpaired) electrons. The molecular formula is C15H16N4O2. The van der Waals surface area contributed by atoms with Crippen molar-refractivity contribution in [3.05, 3.63) is 47.9 Å². The summed E-state index contributed by atoms with van der Waals surface area (Å²) in [6, 6.07) is 7.76. The van der Waals surface area contributed by atoms with E-state index in [2.05, 4.69) is 15.3 Å². The molecule has 1 aromatic carbocycles. The van der Waals surface area contributed by atoms with E-state index >= 15 is 0 Å². The van der Waals surface area contributed by atoms with Crippen molar-refractivity contribution in [2.45, 2.75) is 6.54 Å². The first-order valence-electron chi connectivity index (χ1n) is 6.77. The van der Waals surface area contributed by atoms with E-state index in [1.165, 1.54) is 6.20 Å². The van der Waals surface area contributed by atoms with E-state index < -0.39 is 0 Å². The van der Waals surface area contributed by atoms with Gasteiger partial charge in [0.1, 0.15) is 23.9 Å². The molecule has 2 aromatic rings. The first-order valence-corrected chi connectivity index (χ1v) is 6.77. The normalized spacial score (nSPS) is 13.9. The monoisotopic (exact) mass is 284 g/mol. The SMILES string of the molecule is CNc1cnc(C(=O)N2CCOc3ccccc3C2)cn1. The third kappa shape index (κ3) is 2.79. The molecule has 1 aliphatic heterocycles. The molecule has 0 aliphatic carbocycles. The molecule has 2 heterocycles. The molecule has 0 unspecified atom stereocenters. The number of hydrogen-bond acceptors (Lipinski definition) is 5. The van der Waals surface area contributed by atoms with Crippen LogP contribution < -0.4 is 10.1 Å². The molecule has 0 bridgehead atoms. The number of benzene rings is 1. The lowest BCUT2D eigenvalue weighted by Crippen LogP contribution is -2.33. The summed E-state index contributed by atoms with van der Waals surface area (Å²) in [5.74, 6) is 1.34. The molecule has 1 aliphatic rings. The first-order chi connectivity index (χ1) is 10.3. The second-order valence-corrected chi connectivity index (χ2v) is 4.72. The number of nitrogens with one attached hydrogen (secondary N) is 1. The summed E-state index contributed by atoms with van der Waals surface area (Å²) < 4.78 is 5.66. The highest BCUT2D eigenvalue weighted by molar-refractivity contribution is 5.92. The number of para-hydroxylation sites is 1. The molecule has 0 atom stereocenters. The minimum Gasteiger partial charge on any atom is -0.491 e. The van der Waals surface area contributed by atoms with E-state index in [-0.39, 0.29) is 5.91 Å². The van der Waals surface area contributed by atoms with E-state index in [9.17, 15) is 4.79 Å². The van der Waals surface area contributed by atoms with Gasteiger partial charge in [-0.15, -0.1) is 0 Å². The summed E-state index contributed by atoms with van der Waals surface area (Å²) in [5, 5.41) is 2.88. The van der Waals surface area contributed by atoms with Crippen molar-refractivity contribution in [2.75, 3.05) is 25.5 Å². The van der Waals surface area contributed by atoms with Crippen molar-refractivity contribution in [3.63, 3.8) is 0 Å². The molecule has 1 N–H and O–H groups in total. The molecule has 21 heavy (non-hydrogen) atoms. The summed E-state index contributed by atoms with van der Waals surface area (Å²) in [4.78, 5) is 22.5. The van der Waals surface area contributed by atoms with Crippen LogP contribution in [0.15, 0.2) is 36.7 Å². The van der Waals surface area contributed by atoms with Crippen LogP contribution in [0.1, 0.15) is 16.1 Å². The number of ether oxygens (including phenoxy) is 1. The van der Waals surface area contributed by atoms with Gasteiger partial charge < -0.3 is 15.0 Å². The van der Waals surface area contributed by atoms with Gasteiger partial charge in [-0.05, 0) is 6.07 Å². The number of aromatic nitrogens is 2. The Morgan fingerprint density at radius 1 is 1.29 bits per heavy atom. The second-order valence-electron chi connectivity index (χ2n) is 4.72. The Morgan fingerprint density at radius 3 is 2.90 bits per heavy atom. The summed E-state index contributed by atoms with van der Waals surface area (Å²) in [7, 11) is 1.76. The number of nitrogens with zero attached hydrogens (tertiary/aromatic N) is 3. The largest absolute Gasteiger partial charge is 0.491 e. The first kappa shape index (κ1) is 13.4. The average molecular weight is 284 g/mol. The summed E-state index contributed by atoms with van der Waals surface area (Å²) in [5.41, 5.74) is 1.34. The molecule has 0 saturated heterocycles. The Hall–Kier alpha value is -2.63. The summed E-state index contributed by atoms with van der Waals surface area (Å²) in [6.45, 7) is 1.53. The van der Waals surface area contributed by atoms with E-state index in [0.717, 1.165) is 11.3 Å². The molecule has 6 heteroatoms. The minimum absolute atomic E-state index is 0.134. The van der Waals surface area contributed by atoms with Gasteiger partial charge >= 0.3 is 0 Å². The molecule has 108 valence electrons. The molecule has 6 nitrogen and oxygen atoms in total. The number of rotatable bonds is 2. The lowest BCUT2D eigenvalue weighted by molar-refractivity contribution is 0.0727. The Kier molecular flexibility index (Phi) is 3.68. The number of carbonyl (C=O) groups is 1. The van der Waals surface area contributed by atoms with Crippen LogP contribution in [-0.4, -0.2) is 41.0 Å². The molecule has 3 rings (SSSR count). The quantitative estimate of drug-likeness (QED) is 0.906. The highest BCUT2D eigenvalue weighted by Gasteiger charge is 2.21. The highest BCUT2D eigenvalue weighted by Crippen LogP contribution is 2.23. The standard InChI is InChI=1S/C15H16N4O2/c1-16-14-9-17-12(8-18-14)15(20)19-6-7-21-13-5-3-2-4-11(13)10-19/h2-5,8-9H,6-7,10H2,1H3,(H,16,18). The van der Waals surface area contributed by atoms with E-state index in [4.69, 9.17) is 4.74 Å². The number of anilines is 1. The predicted octanol–water partition coefficient (Wildman–Crippen LogP) is 1.55. The van der Waals surface area contributed by atoms with Crippen molar-refractivity contribution in [2.24, 2.45) is 0 Å². The maximum Gasteiger partial charge on any atom is 0.274 e.